The number of hydrogen-bond donors (Lipinski definition) is 2. The van der Waals surface area contributed by atoms with Crippen LogP contribution in [-0.2, 0) is 0 Å². The smallest absolute Gasteiger partial charge is 0.255 e. The first-order chi connectivity index (χ1) is 12.2. The highest BCUT2D eigenvalue weighted by Gasteiger charge is 2.09. The summed E-state index contributed by atoms with van der Waals surface area (Å²) in [5.41, 5.74) is 5.40. The lowest BCUT2D eigenvalue weighted by atomic mass is 10.1. The summed E-state index contributed by atoms with van der Waals surface area (Å²) in [6.07, 6.45) is 0. The number of nitrogens with one attached hydrogen (secondary N) is 2. The van der Waals surface area contributed by atoms with Crippen LogP contribution in [0.5, 0.6) is 0 Å². The number of H-pyrrole nitrogens is 1. The number of rotatable bonds is 3. The van der Waals surface area contributed by atoms with Gasteiger partial charge in [-0.05, 0) is 48.9 Å². The van der Waals surface area contributed by atoms with E-state index in [2.05, 4.69) is 15.3 Å². The van der Waals surface area contributed by atoms with Crippen LogP contribution in [0.3, 0.4) is 0 Å². The number of amides is 1. The molecule has 0 atom stereocenters. The predicted octanol–water partition coefficient (Wildman–Crippen LogP) is 4.79. The third kappa shape index (κ3) is 3.15. The van der Waals surface area contributed by atoms with Crippen LogP contribution in [0.15, 0.2) is 72.8 Å². The minimum Gasteiger partial charge on any atom is -0.338 e. The standard InChI is InChI=1S/C21H17N3O/c1-14-5-4-6-17(13-14)22-21(25)16-11-9-15(10-12-16)20-23-18-7-2-3-8-19(18)24-20/h2-13H,1H3,(H,22,25)(H,23,24). The van der Waals surface area contributed by atoms with Gasteiger partial charge in [-0.1, -0.05) is 36.4 Å². The second-order valence-electron chi connectivity index (χ2n) is 6.00. The van der Waals surface area contributed by atoms with Crippen molar-refractivity contribution >= 4 is 22.6 Å². The number of imidazole rings is 1. The monoisotopic (exact) mass is 327 g/mol. The van der Waals surface area contributed by atoms with Gasteiger partial charge in [-0.25, -0.2) is 4.98 Å². The Labute approximate surface area is 145 Å². The average Bonchev–Trinajstić information content (AvgIpc) is 3.06. The highest BCUT2D eigenvalue weighted by atomic mass is 16.1. The summed E-state index contributed by atoms with van der Waals surface area (Å²) in [5, 5.41) is 2.92. The van der Waals surface area contributed by atoms with E-state index in [0.717, 1.165) is 33.7 Å². The van der Waals surface area contributed by atoms with E-state index in [9.17, 15) is 4.79 Å². The predicted molar refractivity (Wildman–Crippen MR) is 101 cm³/mol. The molecule has 4 nitrogen and oxygen atoms in total. The zero-order valence-corrected chi connectivity index (χ0v) is 13.8. The summed E-state index contributed by atoms with van der Waals surface area (Å²) >= 11 is 0. The van der Waals surface area contributed by atoms with Gasteiger partial charge in [0.15, 0.2) is 0 Å². The number of aryl methyl sites for hydroxylation is 1. The molecule has 0 saturated heterocycles. The topological polar surface area (TPSA) is 57.8 Å². The van der Waals surface area contributed by atoms with Crippen molar-refractivity contribution in [2.75, 3.05) is 5.32 Å². The van der Waals surface area contributed by atoms with Gasteiger partial charge < -0.3 is 10.3 Å². The highest BCUT2D eigenvalue weighted by Crippen LogP contribution is 2.21. The van der Waals surface area contributed by atoms with Crippen LogP contribution >= 0.6 is 0 Å². The Morgan fingerprint density at radius 3 is 2.52 bits per heavy atom. The van der Waals surface area contributed by atoms with Crippen molar-refractivity contribution in [3.8, 4) is 11.4 Å². The van der Waals surface area contributed by atoms with Gasteiger partial charge in [0.1, 0.15) is 5.82 Å². The molecule has 0 aliphatic heterocycles. The Morgan fingerprint density at radius 2 is 1.76 bits per heavy atom. The van der Waals surface area contributed by atoms with E-state index in [-0.39, 0.29) is 5.91 Å². The van der Waals surface area contributed by atoms with Crippen molar-refractivity contribution < 1.29 is 4.79 Å². The highest BCUT2D eigenvalue weighted by molar-refractivity contribution is 6.04. The molecule has 4 rings (SSSR count). The van der Waals surface area contributed by atoms with E-state index < -0.39 is 0 Å². The molecule has 0 saturated carbocycles. The Morgan fingerprint density at radius 1 is 0.960 bits per heavy atom. The van der Waals surface area contributed by atoms with Crippen LogP contribution in [-0.4, -0.2) is 15.9 Å². The molecule has 0 bridgehead atoms. The molecule has 0 unspecified atom stereocenters. The SMILES string of the molecule is Cc1cccc(NC(=O)c2ccc(-c3nc4ccccc4[nH]3)cc2)c1. The number of aromatic nitrogens is 2. The van der Waals surface area contributed by atoms with Crippen LogP contribution < -0.4 is 5.32 Å². The van der Waals surface area contributed by atoms with Gasteiger partial charge in [0, 0.05) is 16.8 Å². The van der Waals surface area contributed by atoms with E-state index in [1.54, 1.807) is 0 Å². The first kappa shape index (κ1) is 15.1. The molecule has 4 heteroatoms. The van der Waals surface area contributed by atoms with Crippen molar-refractivity contribution in [3.63, 3.8) is 0 Å². The molecule has 0 aliphatic rings. The van der Waals surface area contributed by atoms with Gasteiger partial charge in [0.2, 0.25) is 0 Å². The molecule has 1 heterocycles. The Hall–Kier alpha value is -3.40. The Kier molecular flexibility index (Phi) is 3.78. The van der Waals surface area contributed by atoms with E-state index >= 15 is 0 Å². The van der Waals surface area contributed by atoms with Crippen molar-refractivity contribution in [1.29, 1.82) is 0 Å². The van der Waals surface area contributed by atoms with Crippen LogP contribution in [0, 0.1) is 6.92 Å². The zero-order valence-electron chi connectivity index (χ0n) is 13.8. The maximum Gasteiger partial charge on any atom is 0.255 e. The molecule has 0 spiro atoms. The van der Waals surface area contributed by atoms with Gasteiger partial charge in [0.25, 0.3) is 5.91 Å². The van der Waals surface area contributed by atoms with Crippen LogP contribution in [0.2, 0.25) is 0 Å². The molecule has 4 aromatic rings. The fourth-order valence-electron chi connectivity index (χ4n) is 2.80. The number of carbonyl (C=O) groups excluding carboxylic acids is 1. The molecule has 25 heavy (non-hydrogen) atoms. The van der Waals surface area contributed by atoms with E-state index in [0.29, 0.717) is 5.56 Å². The first-order valence-electron chi connectivity index (χ1n) is 8.12. The number of para-hydroxylation sites is 2. The summed E-state index contributed by atoms with van der Waals surface area (Å²) in [7, 11) is 0. The third-order valence-corrected chi connectivity index (χ3v) is 4.09. The fourth-order valence-corrected chi connectivity index (χ4v) is 2.80. The largest absolute Gasteiger partial charge is 0.338 e. The van der Waals surface area contributed by atoms with Crippen LogP contribution in [0.25, 0.3) is 22.4 Å². The molecule has 3 aromatic carbocycles. The number of hydrogen-bond acceptors (Lipinski definition) is 2. The molecule has 0 radical (unpaired) electrons. The lowest BCUT2D eigenvalue weighted by Crippen LogP contribution is -2.11. The minimum absolute atomic E-state index is 0.123. The molecule has 1 aromatic heterocycles. The molecule has 0 aliphatic carbocycles. The molecule has 0 fully saturated rings. The van der Waals surface area contributed by atoms with E-state index in [1.807, 2.05) is 79.7 Å². The van der Waals surface area contributed by atoms with Crippen molar-refractivity contribution in [3.05, 3.63) is 83.9 Å². The van der Waals surface area contributed by atoms with Gasteiger partial charge in [-0.3, -0.25) is 4.79 Å². The fraction of sp³-hybridized carbons (Fsp3) is 0.0476. The second kappa shape index (κ2) is 6.24. The summed E-state index contributed by atoms with van der Waals surface area (Å²) in [6.45, 7) is 2.00. The van der Waals surface area contributed by atoms with Gasteiger partial charge in [-0.15, -0.1) is 0 Å². The number of aromatic amines is 1. The van der Waals surface area contributed by atoms with Crippen molar-refractivity contribution in [1.82, 2.24) is 9.97 Å². The van der Waals surface area contributed by atoms with E-state index in [1.165, 1.54) is 0 Å². The van der Waals surface area contributed by atoms with E-state index in [4.69, 9.17) is 0 Å². The minimum atomic E-state index is -0.123. The number of anilines is 1. The van der Waals surface area contributed by atoms with Crippen molar-refractivity contribution in [2.24, 2.45) is 0 Å². The summed E-state index contributed by atoms with van der Waals surface area (Å²) in [4.78, 5) is 20.3. The van der Waals surface area contributed by atoms with Gasteiger partial charge in [0.05, 0.1) is 11.0 Å². The van der Waals surface area contributed by atoms with Gasteiger partial charge in [-0.2, -0.15) is 0 Å². The lowest BCUT2D eigenvalue weighted by molar-refractivity contribution is 0.102. The third-order valence-electron chi connectivity index (χ3n) is 4.09. The maximum absolute atomic E-state index is 12.4. The lowest BCUT2D eigenvalue weighted by Gasteiger charge is -2.06. The summed E-state index contributed by atoms with van der Waals surface area (Å²) in [5.74, 6) is 0.675. The number of nitrogens with zero attached hydrogens (tertiary/aromatic N) is 1. The molecule has 2 N–H and O–H groups in total. The molecular weight excluding hydrogens is 310 g/mol. The number of carbonyl (C=O) groups is 1. The second-order valence-corrected chi connectivity index (χ2v) is 6.00. The van der Waals surface area contributed by atoms with Crippen molar-refractivity contribution in [2.45, 2.75) is 6.92 Å². The maximum atomic E-state index is 12.4. The van der Waals surface area contributed by atoms with Crippen LogP contribution in [0.1, 0.15) is 15.9 Å². The zero-order chi connectivity index (χ0) is 17.2. The molecule has 122 valence electrons. The summed E-state index contributed by atoms with van der Waals surface area (Å²) < 4.78 is 0. The van der Waals surface area contributed by atoms with Crippen LogP contribution in [0.4, 0.5) is 5.69 Å². The number of benzene rings is 3. The first-order valence-corrected chi connectivity index (χ1v) is 8.12. The Bertz CT molecular complexity index is 1020. The Balaban J connectivity index is 1.56. The van der Waals surface area contributed by atoms with Gasteiger partial charge >= 0.3 is 0 Å². The summed E-state index contributed by atoms with van der Waals surface area (Å²) in [6, 6.07) is 23.1. The average molecular weight is 327 g/mol. The quantitative estimate of drug-likeness (QED) is 0.568. The molecule has 1 amide bonds. The normalized spacial score (nSPS) is 10.8. The number of fused-ring (bicyclic) bond motifs is 1. The molecular formula is C21H17N3O.